The molecular formula is C23H24N4O4. The second kappa shape index (κ2) is 8.29. The van der Waals surface area contributed by atoms with Gasteiger partial charge in [-0.15, -0.1) is 0 Å². The van der Waals surface area contributed by atoms with E-state index in [1.54, 1.807) is 49.2 Å². The topological polar surface area (TPSA) is 99.7 Å². The Labute approximate surface area is 180 Å². The third-order valence-corrected chi connectivity index (χ3v) is 5.72. The number of piperidine rings is 1. The van der Waals surface area contributed by atoms with Gasteiger partial charge in [-0.1, -0.05) is 0 Å². The molecule has 2 aliphatic rings. The standard InChI is InChI=1S/C23H24N4O4/c1-14(2)27-22(30)18-6-5-15(12-19(18)23(27)31)21(29)26-10-7-17(8-11-26)25-20(28)16-4-3-9-24-13-16/h3-6,9,12-14,17H,7-8,10-11H2,1-2H3,(H,25,28). The Morgan fingerprint density at radius 1 is 1.03 bits per heavy atom. The Balaban J connectivity index is 1.39. The van der Waals surface area contributed by atoms with E-state index in [0.717, 1.165) is 0 Å². The number of pyridine rings is 1. The molecule has 3 heterocycles. The van der Waals surface area contributed by atoms with Crippen LogP contribution in [0.4, 0.5) is 0 Å². The summed E-state index contributed by atoms with van der Waals surface area (Å²) in [6.07, 6.45) is 4.42. The van der Waals surface area contributed by atoms with Crippen LogP contribution in [0.1, 0.15) is 68.1 Å². The quantitative estimate of drug-likeness (QED) is 0.764. The average molecular weight is 420 g/mol. The fourth-order valence-corrected chi connectivity index (χ4v) is 4.04. The zero-order valence-electron chi connectivity index (χ0n) is 17.5. The van der Waals surface area contributed by atoms with Crippen LogP contribution in [0.25, 0.3) is 0 Å². The first-order valence-electron chi connectivity index (χ1n) is 10.4. The lowest BCUT2D eigenvalue weighted by molar-refractivity contribution is 0.0607. The zero-order chi connectivity index (χ0) is 22.1. The molecule has 2 aliphatic heterocycles. The lowest BCUT2D eigenvalue weighted by Gasteiger charge is -2.32. The summed E-state index contributed by atoms with van der Waals surface area (Å²) < 4.78 is 0. The SMILES string of the molecule is CC(C)N1C(=O)c2ccc(C(=O)N3CCC(NC(=O)c4cccnc4)CC3)cc2C1=O. The van der Waals surface area contributed by atoms with Crippen molar-refractivity contribution in [3.8, 4) is 0 Å². The Bertz CT molecular complexity index is 1040. The summed E-state index contributed by atoms with van der Waals surface area (Å²) in [5, 5.41) is 2.99. The van der Waals surface area contributed by atoms with Gasteiger partial charge >= 0.3 is 0 Å². The first kappa shape index (κ1) is 20.7. The van der Waals surface area contributed by atoms with Gasteiger partial charge in [0, 0.05) is 43.1 Å². The molecule has 4 rings (SSSR count). The van der Waals surface area contributed by atoms with Gasteiger partial charge in [-0.3, -0.25) is 29.1 Å². The van der Waals surface area contributed by atoms with Crippen molar-refractivity contribution in [2.75, 3.05) is 13.1 Å². The van der Waals surface area contributed by atoms with Crippen LogP contribution >= 0.6 is 0 Å². The molecule has 0 saturated carbocycles. The molecule has 31 heavy (non-hydrogen) atoms. The first-order chi connectivity index (χ1) is 14.9. The highest BCUT2D eigenvalue weighted by molar-refractivity contribution is 6.22. The maximum atomic E-state index is 13.0. The van der Waals surface area contributed by atoms with E-state index in [0.29, 0.717) is 42.6 Å². The van der Waals surface area contributed by atoms with Crippen molar-refractivity contribution >= 4 is 23.6 Å². The van der Waals surface area contributed by atoms with Crippen LogP contribution in [0, 0.1) is 0 Å². The van der Waals surface area contributed by atoms with Gasteiger partial charge in [0.15, 0.2) is 0 Å². The monoisotopic (exact) mass is 420 g/mol. The molecule has 0 aliphatic carbocycles. The highest BCUT2D eigenvalue weighted by Crippen LogP contribution is 2.26. The number of aromatic nitrogens is 1. The van der Waals surface area contributed by atoms with Crippen molar-refractivity contribution in [1.29, 1.82) is 0 Å². The van der Waals surface area contributed by atoms with Gasteiger partial charge in [0.2, 0.25) is 0 Å². The molecule has 160 valence electrons. The second-order valence-corrected chi connectivity index (χ2v) is 8.12. The summed E-state index contributed by atoms with van der Waals surface area (Å²) in [6.45, 7) is 4.56. The molecule has 0 unspecified atom stereocenters. The number of nitrogens with zero attached hydrogens (tertiary/aromatic N) is 3. The number of fused-ring (bicyclic) bond motifs is 1. The molecule has 0 bridgehead atoms. The Kier molecular flexibility index (Phi) is 5.54. The predicted molar refractivity (Wildman–Crippen MR) is 113 cm³/mol. The normalized spacial score (nSPS) is 16.6. The molecule has 2 aromatic rings. The van der Waals surface area contributed by atoms with Crippen molar-refractivity contribution in [2.24, 2.45) is 0 Å². The maximum Gasteiger partial charge on any atom is 0.261 e. The Morgan fingerprint density at radius 3 is 2.39 bits per heavy atom. The number of likely N-dealkylation sites (tertiary alicyclic amines) is 1. The van der Waals surface area contributed by atoms with E-state index in [4.69, 9.17) is 0 Å². The van der Waals surface area contributed by atoms with E-state index in [1.165, 1.54) is 17.2 Å². The largest absolute Gasteiger partial charge is 0.349 e. The summed E-state index contributed by atoms with van der Waals surface area (Å²) in [5.74, 6) is -1.03. The van der Waals surface area contributed by atoms with Crippen LogP contribution in [-0.4, -0.2) is 63.6 Å². The van der Waals surface area contributed by atoms with E-state index in [2.05, 4.69) is 10.3 Å². The van der Waals surface area contributed by atoms with Crippen LogP contribution in [0.2, 0.25) is 0 Å². The van der Waals surface area contributed by atoms with E-state index in [-0.39, 0.29) is 41.3 Å². The molecule has 0 radical (unpaired) electrons. The Morgan fingerprint density at radius 2 is 1.74 bits per heavy atom. The van der Waals surface area contributed by atoms with E-state index in [9.17, 15) is 19.2 Å². The minimum atomic E-state index is -0.360. The molecule has 1 aromatic heterocycles. The number of imide groups is 1. The van der Waals surface area contributed by atoms with E-state index in [1.807, 2.05) is 0 Å². The maximum absolute atomic E-state index is 13.0. The number of amides is 4. The number of hydrogen-bond acceptors (Lipinski definition) is 5. The Hall–Kier alpha value is -3.55. The van der Waals surface area contributed by atoms with Gasteiger partial charge in [0.05, 0.1) is 16.7 Å². The first-order valence-corrected chi connectivity index (χ1v) is 10.4. The van der Waals surface area contributed by atoms with E-state index < -0.39 is 0 Å². The van der Waals surface area contributed by atoms with Gasteiger partial charge in [-0.2, -0.15) is 0 Å². The molecule has 1 aromatic carbocycles. The van der Waals surface area contributed by atoms with Gasteiger partial charge in [-0.25, -0.2) is 0 Å². The predicted octanol–water partition coefficient (Wildman–Crippen LogP) is 2.12. The highest BCUT2D eigenvalue weighted by atomic mass is 16.2. The van der Waals surface area contributed by atoms with Crippen molar-refractivity contribution < 1.29 is 19.2 Å². The molecule has 4 amide bonds. The molecule has 8 nitrogen and oxygen atoms in total. The summed E-state index contributed by atoms with van der Waals surface area (Å²) in [5.41, 5.74) is 1.52. The van der Waals surface area contributed by atoms with Gasteiger partial charge in [0.1, 0.15) is 0 Å². The van der Waals surface area contributed by atoms with Gasteiger partial charge < -0.3 is 10.2 Å². The summed E-state index contributed by atoms with van der Waals surface area (Å²) in [7, 11) is 0. The molecule has 8 heteroatoms. The van der Waals surface area contributed by atoms with Crippen molar-refractivity contribution in [1.82, 2.24) is 20.1 Å². The number of carbonyl (C=O) groups is 4. The summed E-state index contributed by atoms with van der Waals surface area (Å²) in [6, 6.07) is 7.85. The van der Waals surface area contributed by atoms with Crippen molar-refractivity contribution in [2.45, 2.75) is 38.8 Å². The summed E-state index contributed by atoms with van der Waals surface area (Å²) >= 11 is 0. The molecule has 1 fully saturated rings. The fraction of sp³-hybridized carbons (Fsp3) is 0.348. The number of carbonyl (C=O) groups excluding carboxylic acids is 4. The van der Waals surface area contributed by atoms with Crippen LogP contribution in [0.5, 0.6) is 0 Å². The number of rotatable bonds is 4. The van der Waals surface area contributed by atoms with Crippen LogP contribution < -0.4 is 5.32 Å². The lowest BCUT2D eigenvalue weighted by atomic mass is 10.0. The third kappa shape index (κ3) is 3.93. The van der Waals surface area contributed by atoms with Gasteiger partial charge in [0.25, 0.3) is 23.6 Å². The molecule has 0 atom stereocenters. The second-order valence-electron chi connectivity index (χ2n) is 8.12. The smallest absolute Gasteiger partial charge is 0.261 e. The highest BCUT2D eigenvalue weighted by Gasteiger charge is 2.38. The van der Waals surface area contributed by atoms with Crippen molar-refractivity contribution in [3.63, 3.8) is 0 Å². The number of benzene rings is 1. The number of nitrogens with one attached hydrogen (secondary N) is 1. The summed E-state index contributed by atoms with van der Waals surface area (Å²) in [4.78, 5) is 57.2. The third-order valence-electron chi connectivity index (χ3n) is 5.72. The molecule has 1 N–H and O–H groups in total. The number of hydrogen-bond donors (Lipinski definition) is 1. The average Bonchev–Trinajstić information content (AvgIpc) is 3.04. The van der Waals surface area contributed by atoms with E-state index >= 15 is 0 Å². The van der Waals surface area contributed by atoms with Crippen LogP contribution in [0.15, 0.2) is 42.7 Å². The molecule has 0 spiro atoms. The van der Waals surface area contributed by atoms with Gasteiger partial charge in [-0.05, 0) is 57.0 Å². The fourth-order valence-electron chi connectivity index (χ4n) is 4.04. The molecule has 1 saturated heterocycles. The lowest BCUT2D eigenvalue weighted by Crippen LogP contribution is -2.46. The zero-order valence-corrected chi connectivity index (χ0v) is 17.5. The van der Waals surface area contributed by atoms with Crippen LogP contribution in [0.3, 0.4) is 0 Å². The van der Waals surface area contributed by atoms with Crippen molar-refractivity contribution in [3.05, 3.63) is 65.0 Å². The minimum absolute atomic E-state index is 0.0180. The molecular weight excluding hydrogens is 396 g/mol. The minimum Gasteiger partial charge on any atom is -0.349 e. The van der Waals surface area contributed by atoms with Crippen LogP contribution in [-0.2, 0) is 0 Å².